The summed E-state index contributed by atoms with van der Waals surface area (Å²) >= 11 is 0. The van der Waals surface area contributed by atoms with Crippen LogP contribution < -0.4 is 0 Å². The largest absolute Gasteiger partial charge is 0.466 e. The van der Waals surface area contributed by atoms with Crippen LogP contribution in [0.2, 0.25) is 0 Å². The fourth-order valence-electron chi connectivity index (χ4n) is 4.85. The van der Waals surface area contributed by atoms with Crippen LogP contribution in [0.3, 0.4) is 0 Å². The first-order chi connectivity index (χ1) is 16.3. The molecule has 0 aliphatic carbocycles. The lowest BCUT2D eigenvalue weighted by molar-refractivity contribution is -0.144. The summed E-state index contributed by atoms with van der Waals surface area (Å²) in [5, 5.41) is 0. The SMILES string of the molecule is CCOC(=O)CC(c1ccc(F)cc1)C1CCN(C(=O)c2ccc3c(c2)C(=O)N(C)C3=O)CC1. The van der Waals surface area contributed by atoms with Crippen molar-refractivity contribution in [3.8, 4) is 0 Å². The summed E-state index contributed by atoms with van der Waals surface area (Å²) < 4.78 is 18.6. The number of fused-ring (bicyclic) bond motifs is 1. The number of rotatable bonds is 6. The lowest BCUT2D eigenvalue weighted by Crippen LogP contribution is -2.40. The molecule has 3 amide bonds. The molecule has 7 nitrogen and oxygen atoms in total. The molecule has 0 spiro atoms. The van der Waals surface area contributed by atoms with E-state index in [0.717, 1.165) is 10.5 Å². The molecule has 0 aromatic heterocycles. The molecular weight excluding hydrogens is 439 g/mol. The van der Waals surface area contributed by atoms with Gasteiger partial charge in [0.1, 0.15) is 5.82 Å². The van der Waals surface area contributed by atoms with Crippen LogP contribution in [0.4, 0.5) is 4.39 Å². The summed E-state index contributed by atoms with van der Waals surface area (Å²) in [6.07, 6.45) is 1.56. The molecule has 2 aromatic rings. The van der Waals surface area contributed by atoms with E-state index in [4.69, 9.17) is 4.74 Å². The summed E-state index contributed by atoms with van der Waals surface area (Å²) in [6, 6.07) is 10.8. The van der Waals surface area contributed by atoms with Gasteiger partial charge in [0.15, 0.2) is 0 Å². The fourth-order valence-corrected chi connectivity index (χ4v) is 4.85. The third-order valence-corrected chi connectivity index (χ3v) is 6.72. The Morgan fingerprint density at radius 3 is 2.32 bits per heavy atom. The molecule has 1 fully saturated rings. The highest BCUT2D eigenvalue weighted by Gasteiger charge is 2.35. The van der Waals surface area contributed by atoms with Crippen molar-refractivity contribution in [3.05, 3.63) is 70.5 Å². The molecule has 2 aliphatic heterocycles. The van der Waals surface area contributed by atoms with Gasteiger partial charge in [-0.15, -0.1) is 0 Å². The molecule has 2 aliphatic rings. The second-order valence-corrected chi connectivity index (χ2v) is 8.73. The smallest absolute Gasteiger partial charge is 0.306 e. The van der Waals surface area contributed by atoms with Gasteiger partial charge in [0.05, 0.1) is 24.2 Å². The van der Waals surface area contributed by atoms with Crippen LogP contribution in [0.1, 0.15) is 68.7 Å². The lowest BCUT2D eigenvalue weighted by Gasteiger charge is -2.36. The summed E-state index contributed by atoms with van der Waals surface area (Å²) in [4.78, 5) is 52.5. The Hall–Kier alpha value is -3.55. The van der Waals surface area contributed by atoms with E-state index in [1.54, 1.807) is 30.0 Å². The van der Waals surface area contributed by atoms with Gasteiger partial charge < -0.3 is 9.64 Å². The molecule has 1 atom stereocenters. The van der Waals surface area contributed by atoms with Crippen molar-refractivity contribution < 1.29 is 28.3 Å². The minimum absolute atomic E-state index is 0.129. The molecule has 1 saturated heterocycles. The third kappa shape index (κ3) is 4.58. The molecule has 8 heteroatoms. The maximum Gasteiger partial charge on any atom is 0.306 e. The molecule has 34 heavy (non-hydrogen) atoms. The van der Waals surface area contributed by atoms with E-state index in [9.17, 15) is 23.6 Å². The van der Waals surface area contributed by atoms with Crippen LogP contribution >= 0.6 is 0 Å². The van der Waals surface area contributed by atoms with E-state index in [0.29, 0.717) is 43.7 Å². The number of hydrogen-bond acceptors (Lipinski definition) is 5. The maximum atomic E-state index is 13.4. The lowest BCUT2D eigenvalue weighted by atomic mass is 9.78. The average Bonchev–Trinajstić information content (AvgIpc) is 3.06. The van der Waals surface area contributed by atoms with Gasteiger partial charge in [0.2, 0.25) is 0 Å². The third-order valence-electron chi connectivity index (χ3n) is 6.72. The Morgan fingerprint density at radius 1 is 1.03 bits per heavy atom. The first kappa shape index (κ1) is 23.6. The van der Waals surface area contributed by atoms with Gasteiger partial charge in [-0.3, -0.25) is 24.1 Å². The molecular formula is C26H27FN2O5. The first-order valence-electron chi connectivity index (χ1n) is 11.5. The van der Waals surface area contributed by atoms with E-state index < -0.39 is 5.91 Å². The molecule has 0 N–H and O–H groups in total. The predicted octanol–water partition coefficient (Wildman–Crippen LogP) is 3.64. The maximum absolute atomic E-state index is 13.4. The Balaban J connectivity index is 1.46. The summed E-state index contributed by atoms with van der Waals surface area (Å²) in [6.45, 7) is 3.05. The van der Waals surface area contributed by atoms with E-state index in [1.165, 1.54) is 31.3 Å². The second kappa shape index (κ2) is 9.75. The van der Waals surface area contributed by atoms with Crippen molar-refractivity contribution >= 4 is 23.7 Å². The topological polar surface area (TPSA) is 84.0 Å². The molecule has 0 bridgehead atoms. The van der Waals surface area contributed by atoms with Gasteiger partial charge in [-0.25, -0.2) is 4.39 Å². The number of carbonyl (C=O) groups excluding carboxylic acids is 4. The highest BCUT2D eigenvalue weighted by molar-refractivity contribution is 6.21. The van der Waals surface area contributed by atoms with Gasteiger partial charge in [0.25, 0.3) is 17.7 Å². The van der Waals surface area contributed by atoms with Crippen molar-refractivity contribution in [1.29, 1.82) is 0 Å². The van der Waals surface area contributed by atoms with E-state index in [1.807, 2.05) is 0 Å². The van der Waals surface area contributed by atoms with Crippen molar-refractivity contribution in [3.63, 3.8) is 0 Å². The minimum Gasteiger partial charge on any atom is -0.466 e. The molecule has 0 radical (unpaired) electrons. The average molecular weight is 467 g/mol. The van der Waals surface area contributed by atoms with Crippen LogP contribution in [-0.4, -0.2) is 60.2 Å². The predicted molar refractivity (Wildman–Crippen MR) is 122 cm³/mol. The van der Waals surface area contributed by atoms with Gasteiger partial charge in [0, 0.05) is 25.7 Å². The number of ether oxygens (including phenoxy) is 1. The molecule has 1 unspecified atom stereocenters. The van der Waals surface area contributed by atoms with Crippen molar-refractivity contribution in [2.75, 3.05) is 26.7 Å². The molecule has 0 saturated carbocycles. The number of amides is 3. The molecule has 2 heterocycles. The highest BCUT2D eigenvalue weighted by Crippen LogP contribution is 2.36. The highest BCUT2D eigenvalue weighted by atomic mass is 19.1. The Kier molecular flexibility index (Phi) is 6.77. The minimum atomic E-state index is -0.408. The Morgan fingerprint density at radius 2 is 1.68 bits per heavy atom. The number of likely N-dealkylation sites (tertiary alicyclic amines) is 1. The Bertz CT molecular complexity index is 1120. The number of hydrogen-bond donors (Lipinski definition) is 0. The van der Waals surface area contributed by atoms with E-state index >= 15 is 0 Å². The van der Waals surface area contributed by atoms with Crippen LogP contribution in [0.15, 0.2) is 42.5 Å². The quantitative estimate of drug-likeness (QED) is 0.480. The number of piperidine rings is 1. The van der Waals surface area contributed by atoms with Gasteiger partial charge in [-0.1, -0.05) is 12.1 Å². The van der Waals surface area contributed by atoms with Gasteiger partial charge in [-0.05, 0) is 67.5 Å². The van der Waals surface area contributed by atoms with Crippen LogP contribution in [0.25, 0.3) is 0 Å². The summed E-state index contributed by atoms with van der Waals surface area (Å²) in [7, 11) is 1.42. The normalized spacial score (nSPS) is 17.0. The van der Waals surface area contributed by atoms with Crippen molar-refractivity contribution in [2.45, 2.75) is 32.1 Å². The second-order valence-electron chi connectivity index (χ2n) is 8.73. The van der Waals surface area contributed by atoms with E-state index in [2.05, 4.69) is 0 Å². The van der Waals surface area contributed by atoms with Crippen molar-refractivity contribution in [1.82, 2.24) is 9.80 Å². The molecule has 178 valence electrons. The first-order valence-corrected chi connectivity index (χ1v) is 11.5. The summed E-state index contributed by atoms with van der Waals surface area (Å²) in [5.74, 6) is -1.59. The van der Waals surface area contributed by atoms with Crippen LogP contribution in [0, 0.1) is 11.7 Å². The summed E-state index contributed by atoms with van der Waals surface area (Å²) in [5.41, 5.74) is 1.81. The molecule has 4 rings (SSSR count). The number of halogens is 1. The fraction of sp³-hybridized carbons (Fsp3) is 0.385. The molecule has 2 aromatic carbocycles. The van der Waals surface area contributed by atoms with Crippen molar-refractivity contribution in [2.24, 2.45) is 5.92 Å². The number of imide groups is 1. The Labute approximate surface area is 197 Å². The number of benzene rings is 2. The zero-order chi connectivity index (χ0) is 24.4. The zero-order valence-electron chi connectivity index (χ0n) is 19.3. The number of esters is 1. The van der Waals surface area contributed by atoms with Gasteiger partial charge >= 0.3 is 5.97 Å². The standard InChI is InChI=1S/C26H27FN2O5/c1-3-34-23(30)15-21(16-4-7-19(27)8-5-16)17-10-12-29(13-11-17)24(31)18-6-9-20-22(14-18)26(33)28(2)25(20)32/h4-9,14,17,21H,3,10-13,15H2,1-2H3. The van der Waals surface area contributed by atoms with E-state index in [-0.39, 0.29) is 47.4 Å². The van der Waals surface area contributed by atoms with Crippen LogP contribution in [-0.2, 0) is 9.53 Å². The number of nitrogens with zero attached hydrogens (tertiary/aromatic N) is 2. The van der Waals surface area contributed by atoms with Crippen LogP contribution in [0.5, 0.6) is 0 Å². The monoisotopic (exact) mass is 466 g/mol. The van der Waals surface area contributed by atoms with Gasteiger partial charge in [-0.2, -0.15) is 0 Å². The zero-order valence-corrected chi connectivity index (χ0v) is 19.3. The number of carbonyl (C=O) groups is 4.